The average Bonchev–Trinajstić information content (AvgIpc) is 2.63. The Bertz CT molecular complexity index is 830. The van der Waals surface area contributed by atoms with Crippen molar-refractivity contribution in [3.63, 3.8) is 0 Å². The van der Waals surface area contributed by atoms with E-state index in [1.807, 2.05) is 0 Å². The normalized spacial score (nSPS) is 14.4. The zero-order valence-corrected chi connectivity index (χ0v) is 14.5. The second-order valence-electron chi connectivity index (χ2n) is 6.44. The number of carbonyl (C=O) groups is 2. The molecule has 3 rings (SSSR count). The summed E-state index contributed by atoms with van der Waals surface area (Å²) in [5.41, 5.74) is 1.51. The first-order valence-electron chi connectivity index (χ1n) is 8.51. The lowest BCUT2D eigenvalue weighted by Crippen LogP contribution is -2.51. The molecule has 0 aliphatic carbocycles. The number of nitrogens with zero attached hydrogens (tertiary/aromatic N) is 2. The quantitative estimate of drug-likeness (QED) is 0.847. The van der Waals surface area contributed by atoms with Gasteiger partial charge in [0, 0.05) is 31.7 Å². The molecular formula is C20H20F2N2O2. The second kappa shape index (κ2) is 7.64. The summed E-state index contributed by atoms with van der Waals surface area (Å²) in [6.45, 7) is 3.32. The lowest BCUT2D eigenvalue weighted by molar-refractivity contribution is -0.131. The smallest absolute Gasteiger partial charge is 0.253 e. The third-order valence-electron chi connectivity index (χ3n) is 4.57. The van der Waals surface area contributed by atoms with Gasteiger partial charge in [-0.1, -0.05) is 12.1 Å². The molecule has 0 atom stereocenters. The maximum atomic E-state index is 13.4. The zero-order chi connectivity index (χ0) is 18.7. The van der Waals surface area contributed by atoms with Gasteiger partial charge in [-0.3, -0.25) is 9.59 Å². The predicted molar refractivity (Wildman–Crippen MR) is 93.7 cm³/mol. The van der Waals surface area contributed by atoms with E-state index in [9.17, 15) is 18.4 Å². The van der Waals surface area contributed by atoms with Gasteiger partial charge in [0.1, 0.15) is 11.6 Å². The maximum Gasteiger partial charge on any atom is 0.253 e. The molecule has 4 nitrogen and oxygen atoms in total. The lowest BCUT2D eigenvalue weighted by Gasteiger charge is -2.35. The second-order valence-corrected chi connectivity index (χ2v) is 6.44. The van der Waals surface area contributed by atoms with E-state index in [1.54, 1.807) is 34.9 Å². The van der Waals surface area contributed by atoms with E-state index >= 15 is 0 Å². The molecule has 1 fully saturated rings. The van der Waals surface area contributed by atoms with Crippen molar-refractivity contribution < 1.29 is 18.4 Å². The third-order valence-corrected chi connectivity index (χ3v) is 4.57. The summed E-state index contributed by atoms with van der Waals surface area (Å²) >= 11 is 0. The van der Waals surface area contributed by atoms with Crippen LogP contribution < -0.4 is 0 Å². The number of benzene rings is 2. The largest absolute Gasteiger partial charge is 0.339 e. The van der Waals surface area contributed by atoms with Crippen LogP contribution in [0.3, 0.4) is 0 Å². The molecule has 0 saturated carbocycles. The summed E-state index contributed by atoms with van der Waals surface area (Å²) in [7, 11) is 0. The molecule has 0 bridgehead atoms. The Labute approximate surface area is 151 Å². The Morgan fingerprint density at radius 2 is 1.65 bits per heavy atom. The summed E-state index contributed by atoms with van der Waals surface area (Å²) in [6, 6.07) is 10.3. The Hall–Kier alpha value is -2.76. The summed E-state index contributed by atoms with van der Waals surface area (Å²) in [5, 5.41) is 0. The van der Waals surface area contributed by atoms with Gasteiger partial charge in [0.15, 0.2) is 0 Å². The monoisotopic (exact) mass is 358 g/mol. The first kappa shape index (κ1) is 18.0. The minimum atomic E-state index is -0.361. The van der Waals surface area contributed by atoms with Gasteiger partial charge in [-0.2, -0.15) is 0 Å². The third kappa shape index (κ3) is 4.07. The number of carbonyl (C=O) groups excluding carboxylic acids is 2. The highest BCUT2D eigenvalue weighted by Crippen LogP contribution is 2.14. The van der Waals surface area contributed by atoms with Crippen LogP contribution in [-0.2, 0) is 11.2 Å². The van der Waals surface area contributed by atoms with Crippen LogP contribution in [0.2, 0.25) is 0 Å². The fraction of sp³-hybridized carbons (Fsp3) is 0.300. The first-order valence-corrected chi connectivity index (χ1v) is 8.51. The number of hydrogen-bond acceptors (Lipinski definition) is 2. The molecule has 1 aliphatic heterocycles. The van der Waals surface area contributed by atoms with Crippen molar-refractivity contribution in [1.29, 1.82) is 0 Å². The molecule has 26 heavy (non-hydrogen) atoms. The molecule has 0 unspecified atom stereocenters. The lowest BCUT2D eigenvalue weighted by atomic mass is 10.1. The standard InChI is InChI=1S/C20H20F2N2O2/c1-14-11-16(5-6-18(14)22)20(26)24-9-7-23(8-10-24)19(25)13-15-3-2-4-17(21)12-15/h2-6,11-12H,7-10,13H2,1H3. The number of rotatable bonds is 3. The minimum Gasteiger partial charge on any atom is -0.339 e. The van der Waals surface area contributed by atoms with Crippen molar-refractivity contribution in [1.82, 2.24) is 9.80 Å². The first-order chi connectivity index (χ1) is 12.4. The predicted octanol–water partition coefficient (Wildman–Crippen LogP) is 2.80. The SMILES string of the molecule is Cc1cc(C(=O)N2CCN(C(=O)Cc3cccc(F)c3)CC2)ccc1F. The van der Waals surface area contributed by atoms with Crippen LogP contribution in [0, 0.1) is 18.6 Å². The Balaban J connectivity index is 1.57. The molecule has 1 heterocycles. The Morgan fingerprint density at radius 3 is 2.31 bits per heavy atom. The Kier molecular flexibility index (Phi) is 5.30. The summed E-state index contributed by atoms with van der Waals surface area (Å²) in [4.78, 5) is 28.2. The number of halogens is 2. The molecule has 0 spiro atoms. The van der Waals surface area contributed by atoms with Crippen LogP contribution in [0.4, 0.5) is 8.78 Å². The van der Waals surface area contributed by atoms with E-state index in [0.717, 1.165) is 0 Å². The number of aryl methyl sites for hydroxylation is 1. The van der Waals surface area contributed by atoms with Gasteiger partial charge in [0.25, 0.3) is 5.91 Å². The Morgan fingerprint density at radius 1 is 0.962 bits per heavy atom. The van der Waals surface area contributed by atoms with Crippen LogP contribution in [0.25, 0.3) is 0 Å². The van der Waals surface area contributed by atoms with E-state index in [-0.39, 0.29) is 29.9 Å². The molecule has 1 saturated heterocycles. The van der Waals surface area contributed by atoms with Gasteiger partial charge in [-0.15, -0.1) is 0 Å². The fourth-order valence-electron chi connectivity index (χ4n) is 3.05. The van der Waals surface area contributed by atoms with E-state index in [0.29, 0.717) is 42.9 Å². The maximum absolute atomic E-state index is 13.4. The van der Waals surface area contributed by atoms with Crippen molar-refractivity contribution in [2.24, 2.45) is 0 Å². The summed E-state index contributed by atoms with van der Waals surface area (Å²) in [5.74, 6) is -0.944. The molecule has 0 radical (unpaired) electrons. The molecule has 136 valence electrons. The molecule has 2 amide bonds. The van der Waals surface area contributed by atoms with Crippen molar-refractivity contribution >= 4 is 11.8 Å². The summed E-state index contributed by atoms with van der Waals surface area (Å²) < 4.78 is 26.6. The molecule has 1 aliphatic rings. The van der Waals surface area contributed by atoms with Crippen LogP contribution in [0.15, 0.2) is 42.5 Å². The van der Waals surface area contributed by atoms with Gasteiger partial charge in [0.05, 0.1) is 6.42 Å². The molecular weight excluding hydrogens is 338 g/mol. The molecule has 2 aromatic carbocycles. The molecule has 2 aromatic rings. The van der Waals surface area contributed by atoms with Gasteiger partial charge in [-0.05, 0) is 48.4 Å². The van der Waals surface area contributed by atoms with Crippen molar-refractivity contribution in [3.8, 4) is 0 Å². The summed E-state index contributed by atoms with van der Waals surface area (Å²) in [6.07, 6.45) is 0.142. The van der Waals surface area contributed by atoms with Crippen LogP contribution in [-0.4, -0.2) is 47.8 Å². The number of piperazine rings is 1. The molecule has 0 aromatic heterocycles. The van der Waals surface area contributed by atoms with E-state index in [1.165, 1.54) is 24.3 Å². The number of hydrogen-bond donors (Lipinski definition) is 0. The van der Waals surface area contributed by atoms with Crippen molar-refractivity contribution in [2.75, 3.05) is 26.2 Å². The topological polar surface area (TPSA) is 40.6 Å². The highest BCUT2D eigenvalue weighted by Gasteiger charge is 2.25. The highest BCUT2D eigenvalue weighted by atomic mass is 19.1. The number of amides is 2. The minimum absolute atomic E-state index is 0.0830. The van der Waals surface area contributed by atoms with Gasteiger partial charge in [0.2, 0.25) is 5.91 Å². The zero-order valence-electron chi connectivity index (χ0n) is 14.5. The van der Waals surface area contributed by atoms with Crippen LogP contribution in [0.5, 0.6) is 0 Å². The fourth-order valence-corrected chi connectivity index (χ4v) is 3.05. The van der Waals surface area contributed by atoms with E-state index in [2.05, 4.69) is 0 Å². The highest BCUT2D eigenvalue weighted by molar-refractivity contribution is 5.94. The van der Waals surface area contributed by atoms with Crippen molar-refractivity contribution in [2.45, 2.75) is 13.3 Å². The van der Waals surface area contributed by atoms with Crippen LogP contribution in [0.1, 0.15) is 21.5 Å². The average molecular weight is 358 g/mol. The molecule has 0 N–H and O–H groups in total. The van der Waals surface area contributed by atoms with Crippen LogP contribution >= 0.6 is 0 Å². The molecule has 6 heteroatoms. The van der Waals surface area contributed by atoms with Gasteiger partial charge >= 0.3 is 0 Å². The van der Waals surface area contributed by atoms with Crippen molar-refractivity contribution in [3.05, 3.63) is 70.8 Å². The van der Waals surface area contributed by atoms with Gasteiger partial charge < -0.3 is 9.80 Å². The van der Waals surface area contributed by atoms with E-state index < -0.39 is 0 Å². The van der Waals surface area contributed by atoms with E-state index in [4.69, 9.17) is 0 Å². The van der Waals surface area contributed by atoms with Gasteiger partial charge in [-0.25, -0.2) is 8.78 Å².